The lowest BCUT2D eigenvalue weighted by Crippen LogP contribution is -2.29. The molecule has 0 N–H and O–H groups in total. The standard InChI is InChI=1S/C17H28Si/c1-7-18(8-2,9-3)13-16(6)17-11-10-14(4)15(5)12-17/h10-13H,7-9H2,1-6H3/b16-13+. The number of rotatable bonds is 5. The van der Waals surface area contributed by atoms with Gasteiger partial charge in [0.2, 0.25) is 0 Å². The highest BCUT2D eigenvalue weighted by molar-refractivity contribution is 6.85. The molecule has 0 fully saturated rings. The van der Waals surface area contributed by atoms with Crippen molar-refractivity contribution in [2.75, 3.05) is 0 Å². The average molecular weight is 260 g/mol. The lowest BCUT2D eigenvalue weighted by molar-refractivity contribution is 1.19. The molecule has 0 radical (unpaired) electrons. The first-order valence-corrected chi connectivity index (χ1v) is 9.95. The molecule has 0 aliphatic heterocycles. The number of allylic oxidation sites excluding steroid dienone is 1. The Morgan fingerprint density at radius 2 is 1.56 bits per heavy atom. The third-order valence-corrected chi connectivity index (χ3v) is 9.87. The minimum atomic E-state index is -1.16. The SMILES string of the molecule is CC[Si](/C=C(\C)c1ccc(C)c(C)c1)(CC)CC. The number of aryl methyl sites for hydroxylation is 2. The Morgan fingerprint density at radius 3 is 2.00 bits per heavy atom. The normalized spacial score (nSPS) is 12.9. The fourth-order valence-electron chi connectivity index (χ4n) is 2.59. The molecule has 0 aliphatic rings. The molecular formula is C17H28Si. The van der Waals surface area contributed by atoms with E-state index in [0.717, 1.165) is 0 Å². The molecule has 0 aromatic heterocycles. The molecule has 0 saturated heterocycles. The van der Waals surface area contributed by atoms with Crippen molar-refractivity contribution in [3.8, 4) is 0 Å². The second kappa shape index (κ2) is 6.37. The monoisotopic (exact) mass is 260 g/mol. The molecule has 1 aromatic rings. The summed E-state index contributed by atoms with van der Waals surface area (Å²) in [5, 5.41) is 0. The lowest BCUT2D eigenvalue weighted by atomic mass is 10.0. The Morgan fingerprint density at radius 1 is 1.00 bits per heavy atom. The van der Waals surface area contributed by atoms with Gasteiger partial charge in [-0.3, -0.25) is 0 Å². The van der Waals surface area contributed by atoms with Gasteiger partial charge in [0.15, 0.2) is 0 Å². The van der Waals surface area contributed by atoms with E-state index in [0.29, 0.717) is 0 Å². The second-order valence-corrected chi connectivity index (χ2v) is 10.7. The van der Waals surface area contributed by atoms with E-state index in [9.17, 15) is 0 Å². The largest absolute Gasteiger partial charge is 0.0908 e. The quantitative estimate of drug-likeness (QED) is 0.591. The summed E-state index contributed by atoms with van der Waals surface area (Å²) in [5.74, 6) is 0. The maximum Gasteiger partial charge on any atom is 0.0773 e. The molecule has 0 spiro atoms. The van der Waals surface area contributed by atoms with Gasteiger partial charge in [-0.15, -0.1) is 0 Å². The topological polar surface area (TPSA) is 0 Å². The maximum atomic E-state index is 2.64. The first-order chi connectivity index (χ1) is 8.48. The highest BCUT2D eigenvalue weighted by Gasteiger charge is 2.23. The van der Waals surface area contributed by atoms with Crippen molar-refractivity contribution >= 4 is 13.6 Å². The number of benzene rings is 1. The van der Waals surface area contributed by atoms with Crippen LogP contribution in [0.2, 0.25) is 18.1 Å². The predicted octanol–water partition coefficient (Wildman–Crippen LogP) is 5.75. The second-order valence-electron chi connectivity index (χ2n) is 5.55. The van der Waals surface area contributed by atoms with Crippen molar-refractivity contribution in [3.05, 3.63) is 40.6 Å². The summed E-state index contributed by atoms with van der Waals surface area (Å²) in [6.45, 7) is 13.8. The summed E-state index contributed by atoms with van der Waals surface area (Å²) in [4.78, 5) is 0. The first-order valence-electron chi connectivity index (χ1n) is 7.25. The zero-order chi connectivity index (χ0) is 13.8. The van der Waals surface area contributed by atoms with Crippen molar-refractivity contribution in [2.45, 2.75) is 59.7 Å². The predicted molar refractivity (Wildman–Crippen MR) is 86.8 cm³/mol. The molecule has 1 aromatic carbocycles. The minimum Gasteiger partial charge on any atom is -0.0908 e. The highest BCUT2D eigenvalue weighted by Crippen LogP contribution is 2.27. The van der Waals surface area contributed by atoms with Gasteiger partial charge in [-0.2, -0.15) is 0 Å². The molecule has 0 unspecified atom stereocenters. The summed E-state index contributed by atoms with van der Waals surface area (Å²) < 4.78 is 0. The molecule has 0 aliphatic carbocycles. The molecule has 0 heterocycles. The van der Waals surface area contributed by atoms with Crippen LogP contribution in [0.1, 0.15) is 44.4 Å². The molecule has 18 heavy (non-hydrogen) atoms. The van der Waals surface area contributed by atoms with Gasteiger partial charge >= 0.3 is 0 Å². The van der Waals surface area contributed by atoms with Gasteiger partial charge in [-0.1, -0.05) is 68.4 Å². The van der Waals surface area contributed by atoms with Crippen LogP contribution < -0.4 is 0 Å². The number of hydrogen-bond donors (Lipinski definition) is 0. The third kappa shape index (κ3) is 3.35. The Hall–Kier alpha value is -0.823. The summed E-state index contributed by atoms with van der Waals surface area (Å²) in [7, 11) is -1.16. The lowest BCUT2D eigenvalue weighted by Gasteiger charge is -2.25. The molecule has 0 amide bonds. The van der Waals surface area contributed by atoms with Crippen LogP contribution in [0.25, 0.3) is 5.57 Å². The fraction of sp³-hybridized carbons (Fsp3) is 0.529. The Balaban J connectivity index is 3.11. The van der Waals surface area contributed by atoms with Crippen molar-refractivity contribution in [2.24, 2.45) is 0 Å². The smallest absolute Gasteiger partial charge is 0.0773 e. The Bertz CT molecular complexity index is 417. The summed E-state index contributed by atoms with van der Waals surface area (Å²) in [6.07, 6.45) is 0. The Labute approximate surface area is 114 Å². The van der Waals surface area contributed by atoms with Crippen molar-refractivity contribution < 1.29 is 0 Å². The molecule has 100 valence electrons. The third-order valence-electron chi connectivity index (χ3n) is 4.60. The van der Waals surface area contributed by atoms with Crippen LogP contribution in [0.4, 0.5) is 0 Å². The van der Waals surface area contributed by atoms with Gasteiger partial charge in [0.05, 0.1) is 8.07 Å². The van der Waals surface area contributed by atoms with Crippen LogP contribution in [0.5, 0.6) is 0 Å². The summed E-state index contributed by atoms with van der Waals surface area (Å²) in [5.41, 5.74) is 8.31. The van der Waals surface area contributed by atoms with Crippen LogP contribution >= 0.6 is 0 Å². The van der Waals surface area contributed by atoms with Gasteiger partial charge < -0.3 is 0 Å². The molecule has 0 nitrogen and oxygen atoms in total. The van der Waals surface area contributed by atoms with Crippen LogP contribution in [0.15, 0.2) is 23.9 Å². The van der Waals surface area contributed by atoms with Crippen molar-refractivity contribution in [3.63, 3.8) is 0 Å². The molecule has 0 saturated carbocycles. The van der Waals surface area contributed by atoms with Crippen LogP contribution in [0.3, 0.4) is 0 Å². The average Bonchev–Trinajstić information content (AvgIpc) is 2.39. The zero-order valence-corrected chi connectivity index (χ0v) is 13.9. The molecule has 0 bridgehead atoms. The van der Waals surface area contributed by atoms with Crippen LogP contribution in [-0.2, 0) is 0 Å². The minimum absolute atomic E-state index is 1.16. The van der Waals surface area contributed by atoms with E-state index in [-0.39, 0.29) is 0 Å². The van der Waals surface area contributed by atoms with Crippen molar-refractivity contribution in [1.29, 1.82) is 0 Å². The van der Waals surface area contributed by atoms with Crippen LogP contribution in [0, 0.1) is 13.8 Å². The molecule has 1 heteroatoms. The fourth-order valence-corrected chi connectivity index (χ4v) is 5.78. The zero-order valence-electron chi connectivity index (χ0n) is 12.9. The summed E-state index contributed by atoms with van der Waals surface area (Å²) >= 11 is 0. The number of hydrogen-bond acceptors (Lipinski definition) is 0. The van der Waals surface area contributed by atoms with E-state index >= 15 is 0 Å². The van der Waals surface area contributed by atoms with Crippen LogP contribution in [-0.4, -0.2) is 8.07 Å². The van der Waals surface area contributed by atoms with E-state index in [1.807, 2.05) is 0 Å². The van der Waals surface area contributed by atoms with Crippen molar-refractivity contribution in [1.82, 2.24) is 0 Å². The highest BCUT2D eigenvalue weighted by atomic mass is 28.3. The molecule has 0 atom stereocenters. The van der Waals surface area contributed by atoms with Gasteiger partial charge in [0.25, 0.3) is 0 Å². The first kappa shape index (κ1) is 15.2. The van der Waals surface area contributed by atoms with Gasteiger partial charge in [0.1, 0.15) is 0 Å². The van der Waals surface area contributed by atoms with E-state index < -0.39 is 8.07 Å². The molecular weight excluding hydrogens is 232 g/mol. The van der Waals surface area contributed by atoms with E-state index in [4.69, 9.17) is 0 Å². The van der Waals surface area contributed by atoms with E-state index in [1.165, 1.54) is 40.4 Å². The van der Waals surface area contributed by atoms with Gasteiger partial charge in [0, 0.05) is 0 Å². The van der Waals surface area contributed by atoms with E-state index in [1.54, 1.807) is 0 Å². The Kier molecular flexibility index (Phi) is 5.40. The molecule has 1 rings (SSSR count). The van der Waals surface area contributed by atoms with Gasteiger partial charge in [-0.25, -0.2) is 0 Å². The van der Waals surface area contributed by atoms with E-state index in [2.05, 4.69) is 65.4 Å². The summed E-state index contributed by atoms with van der Waals surface area (Å²) in [6, 6.07) is 10.9. The van der Waals surface area contributed by atoms with Gasteiger partial charge in [-0.05, 0) is 37.5 Å². The maximum absolute atomic E-state index is 2.64.